The molecular formula is C24H25N4O+. The lowest BCUT2D eigenvalue weighted by Gasteiger charge is -2.32. The number of rotatable bonds is 4. The molecule has 3 heterocycles. The fourth-order valence-electron chi connectivity index (χ4n) is 4.06. The van der Waals surface area contributed by atoms with Crippen LogP contribution in [-0.4, -0.2) is 42.7 Å². The zero-order valence-corrected chi connectivity index (χ0v) is 16.6. The zero-order valence-electron chi connectivity index (χ0n) is 16.6. The van der Waals surface area contributed by atoms with Crippen LogP contribution in [0.5, 0.6) is 0 Å². The molecule has 5 rings (SSSR count). The van der Waals surface area contributed by atoms with Gasteiger partial charge in [0, 0.05) is 5.39 Å². The Bertz CT molecular complexity index is 1160. The van der Waals surface area contributed by atoms with Crippen molar-refractivity contribution in [2.24, 2.45) is 0 Å². The van der Waals surface area contributed by atoms with Crippen LogP contribution >= 0.6 is 0 Å². The van der Waals surface area contributed by atoms with Gasteiger partial charge in [0.2, 0.25) is 0 Å². The van der Waals surface area contributed by atoms with Gasteiger partial charge in [-0.05, 0) is 30.7 Å². The molecule has 0 radical (unpaired) electrons. The van der Waals surface area contributed by atoms with E-state index in [0.717, 1.165) is 66.4 Å². The van der Waals surface area contributed by atoms with Gasteiger partial charge in [-0.2, -0.15) is 0 Å². The standard InChI is InChI=1S/C24H24N4O/c1-18-25-22-20-11-5-6-12-21(20)29-23(22)24(26-18)28-16-14-27(15-17-28)13-7-10-19-8-3-2-4-9-19/h2-12H,13-17H2,1H3/p+1/b10-7+. The number of aromatic nitrogens is 2. The van der Waals surface area contributed by atoms with Gasteiger partial charge in [0.15, 0.2) is 11.4 Å². The number of piperazine rings is 1. The van der Waals surface area contributed by atoms with Gasteiger partial charge in [-0.25, -0.2) is 9.97 Å². The maximum absolute atomic E-state index is 6.15. The van der Waals surface area contributed by atoms with E-state index in [4.69, 9.17) is 9.40 Å². The van der Waals surface area contributed by atoms with E-state index in [1.165, 1.54) is 5.56 Å². The monoisotopic (exact) mass is 385 g/mol. The van der Waals surface area contributed by atoms with Crippen LogP contribution in [0.3, 0.4) is 0 Å². The summed E-state index contributed by atoms with van der Waals surface area (Å²) >= 11 is 0. The number of para-hydroxylation sites is 1. The smallest absolute Gasteiger partial charge is 0.196 e. The normalized spacial score (nSPS) is 15.7. The van der Waals surface area contributed by atoms with Gasteiger partial charge in [0.25, 0.3) is 0 Å². The molecule has 0 unspecified atom stereocenters. The predicted molar refractivity (Wildman–Crippen MR) is 117 cm³/mol. The molecule has 29 heavy (non-hydrogen) atoms. The molecule has 5 nitrogen and oxygen atoms in total. The van der Waals surface area contributed by atoms with Crippen molar-refractivity contribution in [3.05, 3.63) is 72.1 Å². The molecule has 146 valence electrons. The van der Waals surface area contributed by atoms with Crippen LogP contribution in [0.4, 0.5) is 5.82 Å². The lowest BCUT2D eigenvalue weighted by Crippen LogP contribution is -3.14. The van der Waals surface area contributed by atoms with Crippen molar-refractivity contribution in [2.45, 2.75) is 6.92 Å². The van der Waals surface area contributed by atoms with Gasteiger partial charge in [-0.1, -0.05) is 48.5 Å². The second-order valence-corrected chi connectivity index (χ2v) is 7.62. The predicted octanol–water partition coefficient (Wildman–Crippen LogP) is 3.10. The van der Waals surface area contributed by atoms with Crippen molar-refractivity contribution in [1.29, 1.82) is 0 Å². The Labute approximate surface area is 170 Å². The molecule has 4 aromatic rings. The maximum atomic E-state index is 6.15. The number of hydrogen-bond acceptors (Lipinski definition) is 4. The summed E-state index contributed by atoms with van der Waals surface area (Å²) in [5.41, 5.74) is 3.86. The first-order valence-electron chi connectivity index (χ1n) is 10.2. The Morgan fingerprint density at radius 3 is 2.59 bits per heavy atom. The van der Waals surface area contributed by atoms with Crippen molar-refractivity contribution in [3.8, 4) is 0 Å². The molecule has 1 N–H and O–H groups in total. The second-order valence-electron chi connectivity index (χ2n) is 7.62. The summed E-state index contributed by atoms with van der Waals surface area (Å²) < 4.78 is 6.15. The van der Waals surface area contributed by atoms with Crippen molar-refractivity contribution in [3.63, 3.8) is 0 Å². The third-order valence-electron chi connectivity index (χ3n) is 5.60. The number of anilines is 1. The van der Waals surface area contributed by atoms with Crippen LogP contribution in [0.25, 0.3) is 28.1 Å². The number of quaternary nitrogens is 1. The SMILES string of the molecule is Cc1nc(N2CC[NH+](C/C=C/c3ccccc3)CC2)c2oc3ccccc3c2n1. The van der Waals surface area contributed by atoms with E-state index in [-0.39, 0.29) is 0 Å². The zero-order chi connectivity index (χ0) is 19.6. The summed E-state index contributed by atoms with van der Waals surface area (Å²) in [6.45, 7) is 7.12. The first kappa shape index (κ1) is 17.9. The number of fused-ring (bicyclic) bond motifs is 3. The molecule has 2 aromatic heterocycles. The van der Waals surface area contributed by atoms with E-state index in [0.29, 0.717) is 0 Å². The molecular weight excluding hydrogens is 360 g/mol. The summed E-state index contributed by atoms with van der Waals surface area (Å²) in [5, 5.41) is 1.06. The molecule has 1 aliphatic heterocycles. The number of benzene rings is 2. The van der Waals surface area contributed by atoms with Crippen molar-refractivity contribution in [2.75, 3.05) is 37.6 Å². The molecule has 1 fully saturated rings. The van der Waals surface area contributed by atoms with Crippen LogP contribution in [0, 0.1) is 6.92 Å². The van der Waals surface area contributed by atoms with Crippen molar-refractivity contribution in [1.82, 2.24) is 9.97 Å². The number of furan rings is 1. The van der Waals surface area contributed by atoms with E-state index in [9.17, 15) is 0 Å². The highest BCUT2D eigenvalue weighted by atomic mass is 16.3. The third-order valence-corrected chi connectivity index (χ3v) is 5.60. The molecule has 1 saturated heterocycles. The van der Waals surface area contributed by atoms with E-state index in [1.54, 1.807) is 4.90 Å². The Kier molecular flexibility index (Phi) is 4.74. The minimum Gasteiger partial charge on any atom is -0.450 e. The highest BCUT2D eigenvalue weighted by Gasteiger charge is 2.24. The largest absolute Gasteiger partial charge is 0.450 e. The highest BCUT2D eigenvalue weighted by Crippen LogP contribution is 2.32. The van der Waals surface area contributed by atoms with Gasteiger partial charge in [-0.15, -0.1) is 0 Å². The van der Waals surface area contributed by atoms with E-state index in [2.05, 4.69) is 58.4 Å². The molecule has 0 saturated carbocycles. The average Bonchev–Trinajstić information content (AvgIpc) is 3.13. The summed E-state index contributed by atoms with van der Waals surface area (Å²) in [4.78, 5) is 13.4. The topological polar surface area (TPSA) is 46.6 Å². The van der Waals surface area contributed by atoms with Crippen LogP contribution in [0.1, 0.15) is 11.4 Å². The molecule has 5 heteroatoms. The summed E-state index contributed by atoms with van der Waals surface area (Å²) in [5.74, 6) is 1.72. The second kappa shape index (κ2) is 7.68. The van der Waals surface area contributed by atoms with E-state index < -0.39 is 0 Å². The third kappa shape index (κ3) is 3.61. The van der Waals surface area contributed by atoms with Crippen LogP contribution in [0.2, 0.25) is 0 Å². The van der Waals surface area contributed by atoms with Gasteiger partial charge < -0.3 is 14.2 Å². The number of aryl methyl sites for hydroxylation is 1. The lowest BCUT2D eigenvalue weighted by molar-refractivity contribution is -0.894. The maximum Gasteiger partial charge on any atom is 0.196 e. The molecule has 0 spiro atoms. The Hall–Kier alpha value is -3.18. The minimum atomic E-state index is 0.791. The first-order valence-corrected chi connectivity index (χ1v) is 10.2. The van der Waals surface area contributed by atoms with Gasteiger partial charge in [0.05, 0.1) is 32.7 Å². The number of hydrogen-bond donors (Lipinski definition) is 1. The average molecular weight is 385 g/mol. The van der Waals surface area contributed by atoms with Crippen LogP contribution in [-0.2, 0) is 0 Å². The van der Waals surface area contributed by atoms with Gasteiger partial charge in [0.1, 0.15) is 16.9 Å². The summed E-state index contributed by atoms with van der Waals surface area (Å²) in [7, 11) is 0. The lowest BCUT2D eigenvalue weighted by atomic mass is 10.2. The first-order chi connectivity index (χ1) is 14.3. The van der Waals surface area contributed by atoms with E-state index >= 15 is 0 Å². The minimum absolute atomic E-state index is 0.791. The molecule has 0 bridgehead atoms. The number of nitrogens with zero attached hydrogens (tertiary/aromatic N) is 3. The molecule has 0 amide bonds. The summed E-state index contributed by atoms with van der Waals surface area (Å²) in [6, 6.07) is 18.6. The Balaban J connectivity index is 1.32. The Morgan fingerprint density at radius 1 is 1.00 bits per heavy atom. The molecule has 0 atom stereocenters. The highest BCUT2D eigenvalue weighted by molar-refractivity contribution is 6.05. The van der Waals surface area contributed by atoms with Gasteiger partial charge in [-0.3, -0.25) is 0 Å². The van der Waals surface area contributed by atoms with E-state index in [1.807, 2.05) is 25.1 Å². The molecule has 2 aromatic carbocycles. The van der Waals surface area contributed by atoms with Crippen LogP contribution in [0.15, 0.2) is 65.1 Å². The quantitative estimate of drug-likeness (QED) is 0.586. The van der Waals surface area contributed by atoms with Crippen molar-refractivity contribution >= 4 is 34.0 Å². The molecule has 1 aliphatic rings. The molecule has 0 aliphatic carbocycles. The van der Waals surface area contributed by atoms with Crippen molar-refractivity contribution < 1.29 is 9.32 Å². The van der Waals surface area contributed by atoms with Gasteiger partial charge >= 0.3 is 0 Å². The fraction of sp³-hybridized carbons (Fsp3) is 0.250. The number of nitrogens with one attached hydrogen (secondary N) is 1. The fourth-order valence-corrected chi connectivity index (χ4v) is 4.06. The summed E-state index contributed by atoms with van der Waals surface area (Å²) in [6.07, 6.45) is 4.50. The Morgan fingerprint density at radius 2 is 1.76 bits per heavy atom. The van der Waals surface area contributed by atoms with Crippen LogP contribution < -0.4 is 9.80 Å².